The van der Waals surface area contributed by atoms with Gasteiger partial charge in [0.15, 0.2) is 0 Å². The molecule has 2 N–H and O–H groups in total. The van der Waals surface area contributed by atoms with E-state index in [1.807, 2.05) is 6.92 Å². The third-order valence-electron chi connectivity index (χ3n) is 2.96. The topological polar surface area (TPSA) is 29.3 Å². The molecule has 1 rings (SSSR count). The van der Waals surface area contributed by atoms with Crippen molar-refractivity contribution in [2.45, 2.75) is 40.7 Å². The summed E-state index contributed by atoms with van der Waals surface area (Å²) in [7, 11) is 0. The lowest BCUT2D eigenvalue weighted by Gasteiger charge is -2.28. The molecule has 0 unspecified atom stereocenters. The van der Waals surface area contributed by atoms with Crippen molar-refractivity contribution in [2.24, 2.45) is 17.6 Å². The predicted molar refractivity (Wildman–Crippen MR) is 80.9 cm³/mol. The maximum Gasteiger partial charge on any atom is 0.0366 e. The van der Waals surface area contributed by atoms with Gasteiger partial charge in [0.1, 0.15) is 0 Å². The number of hydrogen-bond acceptors (Lipinski definition) is 2. The summed E-state index contributed by atoms with van der Waals surface area (Å²) in [6.45, 7) is 13.3. The molecule has 0 fully saturated rings. The zero-order chi connectivity index (χ0) is 13.7. The fourth-order valence-electron chi connectivity index (χ4n) is 2.16. The molecule has 0 saturated heterocycles. The highest BCUT2D eigenvalue weighted by Crippen LogP contribution is 2.20. The monoisotopic (exact) mass is 248 g/mol. The summed E-state index contributed by atoms with van der Waals surface area (Å²) < 4.78 is 0. The van der Waals surface area contributed by atoms with Gasteiger partial charge in [0, 0.05) is 24.8 Å². The average Bonchev–Trinajstić information content (AvgIpc) is 2.27. The minimum Gasteiger partial charge on any atom is -0.371 e. The third kappa shape index (κ3) is 4.69. The van der Waals surface area contributed by atoms with Gasteiger partial charge >= 0.3 is 0 Å². The van der Waals surface area contributed by atoms with Gasteiger partial charge in [-0.25, -0.2) is 0 Å². The summed E-state index contributed by atoms with van der Waals surface area (Å²) in [4.78, 5) is 2.47. The normalized spacial score (nSPS) is 13.1. The average molecular weight is 248 g/mol. The van der Waals surface area contributed by atoms with Gasteiger partial charge in [-0.3, -0.25) is 0 Å². The fraction of sp³-hybridized carbons (Fsp3) is 0.625. The molecular weight excluding hydrogens is 220 g/mol. The van der Waals surface area contributed by atoms with Crippen LogP contribution < -0.4 is 10.6 Å². The van der Waals surface area contributed by atoms with E-state index in [0.29, 0.717) is 11.8 Å². The first-order valence-electron chi connectivity index (χ1n) is 7.00. The SMILES string of the molecule is CC(C)CN(CC(C)C)c1ccc([C@@H](C)N)cc1. The van der Waals surface area contributed by atoms with Crippen LogP contribution in [0.25, 0.3) is 0 Å². The molecule has 0 aliphatic rings. The molecule has 1 aromatic carbocycles. The van der Waals surface area contributed by atoms with Gasteiger partial charge in [0.2, 0.25) is 0 Å². The smallest absolute Gasteiger partial charge is 0.0366 e. The molecule has 0 bridgehead atoms. The molecule has 0 saturated carbocycles. The summed E-state index contributed by atoms with van der Waals surface area (Å²) in [6.07, 6.45) is 0. The van der Waals surface area contributed by atoms with Gasteiger partial charge < -0.3 is 10.6 Å². The van der Waals surface area contributed by atoms with E-state index in [0.717, 1.165) is 13.1 Å². The Bertz CT molecular complexity index is 329. The first-order chi connectivity index (χ1) is 8.40. The first-order valence-corrected chi connectivity index (χ1v) is 7.00. The van der Waals surface area contributed by atoms with E-state index in [9.17, 15) is 0 Å². The van der Waals surface area contributed by atoms with E-state index >= 15 is 0 Å². The van der Waals surface area contributed by atoms with Gasteiger partial charge in [0.25, 0.3) is 0 Å². The maximum absolute atomic E-state index is 5.89. The Morgan fingerprint density at radius 1 is 0.889 bits per heavy atom. The van der Waals surface area contributed by atoms with Gasteiger partial charge in [-0.2, -0.15) is 0 Å². The number of hydrogen-bond donors (Lipinski definition) is 1. The van der Waals surface area contributed by atoms with Crippen molar-refractivity contribution in [3.05, 3.63) is 29.8 Å². The van der Waals surface area contributed by atoms with Crippen molar-refractivity contribution in [3.8, 4) is 0 Å². The molecule has 2 nitrogen and oxygen atoms in total. The van der Waals surface area contributed by atoms with Crippen LogP contribution in [0.2, 0.25) is 0 Å². The van der Waals surface area contributed by atoms with Crippen LogP contribution in [0.1, 0.15) is 46.2 Å². The van der Waals surface area contributed by atoms with Crippen LogP contribution in [0.3, 0.4) is 0 Å². The number of nitrogens with zero attached hydrogens (tertiary/aromatic N) is 1. The van der Waals surface area contributed by atoms with Crippen LogP contribution >= 0.6 is 0 Å². The van der Waals surface area contributed by atoms with Gasteiger partial charge in [-0.15, -0.1) is 0 Å². The molecule has 0 radical (unpaired) electrons. The second kappa shape index (κ2) is 6.79. The number of rotatable bonds is 6. The summed E-state index contributed by atoms with van der Waals surface area (Å²) in [5.74, 6) is 1.36. The third-order valence-corrected chi connectivity index (χ3v) is 2.96. The second-order valence-electron chi connectivity index (χ2n) is 6.07. The van der Waals surface area contributed by atoms with Crippen LogP contribution in [0.15, 0.2) is 24.3 Å². The van der Waals surface area contributed by atoms with Crippen LogP contribution in [0, 0.1) is 11.8 Å². The fourth-order valence-corrected chi connectivity index (χ4v) is 2.16. The van der Waals surface area contributed by atoms with E-state index in [1.54, 1.807) is 0 Å². The van der Waals surface area contributed by atoms with E-state index in [1.165, 1.54) is 11.3 Å². The van der Waals surface area contributed by atoms with E-state index in [2.05, 4.69) is 56.9 Å². The Morgan fingerprint density at radius 2 is 1.33 bits per heavy atom. The highest BCUT2D eigenvalue weighted by Gasteiger charge is 2.10. The van der Waals surface area contributed by atoms with Crippen molar-refractivity contribution >= 4 is 5.69 Å². The number of anilines is 1. The van der Waals surface area contributed by atoms with Crippen LogP contribution in [0.4, 0.5) is 5.69 Å². The van der Waals surface area contributed by atoms with E-state index < -0.39 is 0 Å². The minimum absolute atomic E-state index is 0.114. The number of benzene rings is 1. The Hall–Kier alpha value is -1.02. The van der Waals surface area contributed by atoms with Crippen molar-refractivity contribution in [2.75, 3.05) is 18.0 Å². The first kappa shape index (κ1) is 15.0. The Kier molecular flexibility index (Phi) is 5.67. The highest BCUT2D eigenvalue weighted by atomic mass is 15.1. The van der Waals surface area contributed by atoms with Gasteiger partial charge in [-0.1, -0.05) is 39.8 Å². The Morgan fingerprint density at radius 3 is 1.67 bits per heavy atom. The van der Waals surface area contributed by atoms with E-state index in [-0.39, 0.29) is 6.04 Å². The zero-order valence-electron chi connectivity index (χ0n) is 12.5. The predicted octanol–water partition coefficient (Wildman–Crippen LogP) is 3.82. The lowest BCUT2D eigenvalue weighted by atomic mass is 10.1. The summed E-state index contributed by atoms with van der Waals surface area (Å²) >= 11 is 0. The molecule has 0 aromatic heterocycles. The largest absolute Gasteiger partial charge is 0.371 e. The van der Waals surface area contributed by atoms with Crippen molar-refractivity contribution in [3.63, 3.8) is 0 Å². The lowest BCUT2D eigenvalue weighted by Crippen LogP contribution is -2.31. The summed E-state index contributed by atoms with van der Waals surface area (Å²) in [5, 5.41) is 0. The van der Waals surface area contributed by atoms with Crippen molar-refractivity contribution in [1.29, 1.82) is 0 Å². The molecule has 1 aromatic rings. The molecule has 1 atom stereocenters. The van der Waals surface area contributed by atoms with Gasteiger partial charge in [-0.05, 0) is 36.5 Å². The zero-order valence-corrected chi connectivity index (χ0v) is 12.5. The van der Waals surface area contributed by atoms with Crippen LogP contribution in [0.5, 0.6) is 0 Å². The molecule has 102 valence electrons. The summed E-state index contributed by atoms with van der Waals surface area (Å²) in [6, 6.07) is 8.80. The molecule has 0 heterocycles. The highest BCUT2D eigenvalue weighted by molar-refractivity contribution is 5.48. The molecular formula is C16H28N2. The molecule has 0 amide bonds. The quantitative estimate of drug-likeness (QED) is 0.829. The Labute approximate surface area is 112 Å². The molecule has 0 spiro atoms. The minimum atomic E-state index is 0.114. The molecule has 18 heavy (non-hydrogen) atoms. The van der Waals surface area contributed by atoms with Crippen molar-refractivity contribution in [1.82, 2.24) is 0 Å². The van der Waals surface area contributed by atoms with Crippen LogP contribution in [-0.4, -0.2) is 13.1 Å². The van der Waals surface area contributed by atoms with Gasteiger partial charge in [0.05, 0.1) is 0 Å². The number of nitrogens with two attached hydrogens (primary N) is 1. The standard InChI is InChI=1S/C16H28N2/c1-12(2)10-18(11-13(3)4)16-8-6-15(7-9-16)14(5)17/h6-9,12-14H,10-11,17H2,1-5H3/t14-/m1/s1. The Balaban J connectivity index is 2.83. The van der Waals surface area contributed by atoms with Crippen molar-refractivity contribution < 1.29 is 0 Å². The lowest BCUT2D eigenvalue weighted by molar-refractivity contribution is 0.552. The van der Waals surface area contributed by atoms with Crippen LogP contribution in [-0.2, 0) is 0 Å². The molecule has 0 aliphatic heterocycles. The maximum atomic E-state index is 5.89. The molecule has 2 heteroatoms. The van der Waals surface area contributed by atoms with E-state index in [4.69, 9.17) is 5.73 Å². The second-order valence-corrected chi connectivity index (χ2v) is 6.07. The summed E-state index contributed by atoms with van der Waals surface area (Å²) in [5.41, 5.74) is 8.40. The molecule has 0 aliphatic carbocycles.